The number of aliphatic hydroxyl groups excluding tert-OH is 1. The second-order valence-electron chi connectivity index (χ2n) is 4.46. The molecule has 1 heterocycles. The Kier molecular flexibility index (Phi) is 4.94. The van der Waals surface area contributed by atoms with Gasteiger partial charge in [0.1, 0.15) is 5.76 Å². The first-order valence-corrected chi connectivity index (χ1v) is 7.93. The molecule has 20 heavy (non-hydrogen) atoms. The third-order valence-corrected chi connectivity index (χ3v) is 4.19. The van der Waals surface area contributed by atoms with Crippen LogP contribution in [0.1, 0.15) is 16.9 Å². The lowest BCUT2D eigenvalue weighted by Crippen LogP contribution is -2.27. The molecule has 0 aliphatic rings. The maximum Gasteiger partial charge on any atom is 0.215 e. The summed E-state index contributed by atoms with van der Waals surface area (Å²) in [6, 6.07) is 10.4. The predicted molar refractivity (Wildman–Crippen MR) is 75.4 cm³/mol. The maximum atomic E-state index is 11.9. The van der Waals surface area contributed by atoms with Crippen LogP contribution in [-0.2, 0) is 28.8 Å². The minimum absolute atomic E-state index is 0.0472. The van der Waals surface area contributed by atoms with Crippen molar-refractivity contribution in [3.63, 3.8) is 0 Å². The van der Waals surface area contributed by atoms with Crippen molar-refractivity contribution < 1.29 is 17.9 Å². The van der Waals surface area contributed by atoms with Crippen molar-refractivity contribution >= 4 is 10.0 Å². The van der Waals surface area contributed by atoms with E-state index < -0.39 is 10.0 Å². The van der Waals surface area contributed by atoms with Crippen LogP contribution in [0.3, 0.4) is 0 Å². The number of hydrogen-bond acceptors (Lipinski definition) is 4. The highest BCUT2D eigenvalue weighted by Gasteiger charge is 2.11. The summed E-state index contributed by atoms with van der Waals surface area (Å²) in [5.74, 6) is 0.677. The Bertz CT molecular complexity index is 618. The van der Waals surface area contributed by atoms with Gasteiger partial charge in [-0.3, -0.25) is 0 Å². The van der Waals surface area contributed by atoms with Crippen molar-refractivity contribution in [2.24, 2.45) is 0 Å². The summed E-state index contributed by atoms with van der Waals surface area (Å²) < 4.78 is 31.5. The van der Waals surface area contributed by atoms with Crippen molar-refractivity contribution in [1.29, 1.82) is 0 Å². The first-order valence-electron chi connectivity index (χ1n) is 6.27. The monoisotopic (exact) mass is 295 g/mol. The summed E-state index contributed by atoms with van der Waals surface area (Å²) in [7, 11) is -3.36. The van der Waals surface area contributed by atoms with E-state index in [1.807, 2.05) is 6.07 Å². The number of furan rings is 1. The molecule has 0 fully saturated rings. The van der Waals surface area contributed by atoms with Crippen LogP contribution in [0.25, 0.3) is 0 Å². The van der Waals surface area contributed by atoms with Crippen LogP contribution in [0.2, 0.25) is 0 Å². The number of hydrogen-bond donors (Lipinski definition) is 2. The average molecular weight is 295 g/mol. The molecule has 1 aromatic heterocycles. The highest BCUT2D eigenvalue weighted by atomic mass is 32.2. The van der Waals surface area contributed by atoms with Gasteiger partial charge in [-0.1, -0.05) is 24.3 Å². The van der Waals surface area contributed by atoms with Gasteiger partial charge in [-0.15, -0.1) is 0 Å². The van der Waals surface area contributed by atoms with Crippen molar-refractivity contribution in [3.8, 4) is 0 Å². The fraction of sp³-hybridized carbons (Fsp3) is 0.286. The van der Waals surface area contributed by atoms with Gasteiger partial charge in [0, 0.05) is 13.0 Å². The molecule has 0 spiro atoms. The molecular formula is C14H17NO4S. The van der Waals surface area contributed by atoms with Gasteiger partial charge in [0.2, 0.25) is 10.0 Å². The molecule has 0 atom stereocenters. The third kappa shape index (κ3) is 4.48. The van der Waals surface area contributed by atoms with Gasteiger partial charge >= 0.3 is 0 Å². The molecule has 0 aliphatic carbocycles. The molecule has 108 valence electrons. The number of aliphatic hydroxyl groups is 1. The molecule has 2 N–H and O–H groups in total. The summed E-state index contributed by atoms with van der Waals surface area (Å²) in [6.45, 7) is 0.263. The second kappa shape index (κ2) is 6.69. The Morgan fingerprint density at radius 2 is 1.80 bits per heavy atom. The highest BCUT2D eigenvalue weighted by Crippen LogP contribution is 2.08. The lowest BCUT2D eigenvalue weighted by atomic mass is 10.2. The molecule has 0 bridgehead atoms. The van der Waals surface area contributed by atoms with Gasteiger partial charge in [0.15, 0.2) is 0 Å². The normalized spacial score (nSPS) is 11.7. The van der Waals surface area contributed by atoms with E-state index in [0.717, 1.165) is 11.3 Å². The molecule has 0 radical (unpaired) electrons. The molecule has 2 rings (SSSR count). The molecule has 5 nitrogen and oxygen atoms in total. The molecular weight excluding hydrogens is 278 g/mol. The van der Waals surface area contributed by atoms with Gasteiger partial charge in [-0.25, -0.2) is 13.1 Å². The minimum Gasteiger partial charge on any atom is -0.469 e. The summed E-state index contributed by atoms with van der Waals surface area (Å²) in [6.07, 6.45) is 2.09. The standard InChI is InChI=1S/C14H17NO4S/c16-10-12-3-5-13(6-4-12)11-20(17,18)15-8-7-14-2-1-9-19-14/h1-6,9,15-16H,7-8,10-11H2. The van der Waals surface area contributed by atoms with E-state index in [1.165, 1.54) is 0 Å². The van der Waals surface area contributed by atoms with Gasteiger partial charge in [-0.2, -0.15) is 0 Å². The Morgan fingerprint density at radius 3 is 2.40 bits per heavy atom. The van der Waals surface area contributed by atoms with Crippen LogP contribution in [0.4, 0.5) is 0 Å². The quantitative estimate of drug-likeness (QED) is 0.810. The van der Waals surface area contributed by atoms with Crippen molar-refractivity contribution in [2.75, 3.05) is 6.54 Å². The third-order valence-electron chi connectivity index (χ3n) is 2.84. The molecule has 0 aliphatic heterocycles. The van der Waals surface area contributed by atoms with Crippen LogP contribution in [0, 0.1) is 0 Å². The van der Waals surface area contributed by atoms with E-state index in [-0.39, 0.29) is 12.4 Å². The number of sulfonamides is 1. The molecule has 0 saturated heterocycles. The molecule has 1 aromatic carbocycles. The Balaban J connectivity index is 1.86. The summed E-state index contributed by atoms with van der Waals surface area (Å²) in [5.41, 5.74) is 1.45. The van der Waals surface area contributed by atoms with Crippen LogP contribution in [0.5, 0.6) is 0 Å². The summed E-state index contributed by atoms with van der Waals surface area (Å²) >= 11 is 0. The number of nitrogens with one attached hydrogen (secondary N) is 1. The van der Waals surface area contributed by atoms with E-state index in [2.05, 4.69) is 4.72 Å². The zero-order chi connectivity index (χ0) is 14.4. The van der Waals surface area contributed by atoms with E-state index in [0.29, 0.717) is 18.5 Å². The molecule has 2 aromatic rings. The van der Waals surface area contributed by atoms with Crippen molar-refractivity contribution in [2.45, 2.75) is 18.8 Å². The van der Waals surface area contributed by atoms with Crippen LogP contribution in [-0.4, -0.2) is 20.1 Å². The first-order chi connectivity index (χ1) is 9.59. The van der Waals surface area contributed by atoms with Gasteiger partial charge in [0.25, 0.3) is 0 Å². The second-order valence-corrected chi connectivity index (χ2v) is 6.26. The number of rotatable bonds is 7. The number of benzene rings is 1. The topological polar surface area (TPSA) is 79.5 Å². The summed E-state index contributed by atoms with van der Waals surface area (Å²) in [4.78, 5) is 0. The predicted octanol–water partition coefficient (Wildman–Crippen LogP) is 1.43. The van der Waals surface area contributed by atoms with Crippen molar-refractivity contribution in [1.82, 2.24) is 4.72 Å². The first kappa shape index (κ1) is 14.8. The van der Waals surface area contributed by atoms with Crippen LogP contribution < -0.4 is 4.72 Å². The smallest absolute Gasteiger partial charge is 0.215 e. The molecule has 0 unspecified atom stereocenters. The fourth-order valence-corrected chi connectivity index (χ4v) is 2.94. The largest absolute Gasteiger partial charge is 0.469 e. The van der Waals surface area contributed by atoms with E-state index in [9.17, 15) is 8.42 Å². The zero-order valence-electron chi connectivity index (χ0n) is 11.0. The van der Waals surface area contributed by atoms with Gasteiger partial charge in [-0.05, 0) is 23.3 Å². The molecule has 0 amide bonds. The SMILES string of the molecule is O=S(=O)(Cc1ccc(CO)cc1)NCCc1ccco1. The molecule has 6 heteroatoms. The Morgan fingerprint density at radius 1 is 1.10 bits per heavy atom. The lowest BCUT2D eigenvalue weighted by Gasteiger charge is -2.06. The average Bonchev–Trinajstić information content (AvgIpc) is 2.92. The Labute approximate surface area is 118 Å². The minimum atomic E-state index is -3.36. The maximum absolute atomic E-state index is 11.9. The molecule has 0 saturated carbocycles. The zero-order valence-corrected chi connectivity index (χ0v) is 11.8. The van der Waals surface area contributed by atoms with E-state index >= 15 is 0 Å². The summed E-state index contributed by atoms with van der Waals surface area (Å²) in [5, 5.41) is 8.93. The lowest BCUT2D eigenvalue weighted by molar-refractivity contribution is 0.282. The van der Waals surface area contributed by atoms with E-state index in [1.54, 1.807) is 36.6 Å². The van der Waals surface area contributed by atoms with E-state index in [4.69, 9.17) is 9.52 Å². The Hall–Kier alpha value is -1.63. The van der Waals surface area contributed by atoms with Crippen LogP contribution in [0.15, 0.2) is 47.1 Å². The van der Waals surface area contributed by atoms with Gasteiger partial charge in [0.05, 0.1) is 18.6 Å². The van der Waals surface area contributed by atoms with Gasteiger partial charge < -0.3 is 9.52 Å². The van der Waals surface area contributed by atoms with Crippen LogP contribution >= 0.6 is 0 Å². The fourth-order valence-electron chi connectivity index (χ4n) is 1.80. The highest BCUT2D eigenvalue weighted by molar-refractivity contribution is 7.88. The van der Waals surface area contributed by atoms with Crippen molar-refractivity contribution in [3.05, 3.63) is 59.5 Å².